The molecule has 0 saturated carbocycles. The fourth-order valence-corrected chi connectivity index (χ4v) is 3.06. The number of halogens is 1. The molecule has 1 heterocycles. The van der Waals surface area contributed by atoms with Gasteiger partial charge in [0, 0.05) is 5.02 Å². The summed E-state index contributed by atoms with van der Waals surface area (Å²) < 4.78 is 13.2. The number of nitrogens with zero attached hydrogens (tertiary/aromatic N) is 2. The van der Waals surface area contributed by atoms with Gasteiger partial charge in [0.15, 0.2) is 11.9 Å². The van der Waals surface area contributed by atoms with Crippen LogP contribution in [0.4, 0.5) is 0 Å². The first kappa shape index (κ1) is 19.2. The molecule has 1 aromatic heterocycles. The molecule has 6 heteroatoms. The monoisotopic (exact) mass is 386 g/mol. The summed E-state index contributed by atoms with van der Waals surface area (Å²) in [5.74, 6) is 1.07. The van der Waals surface area contributed by atoms with Crippen molar-refractivity contribution in [2.24, 2.45) is 0 Å². The number of rotatable bonds is 6. The minimum atomic E-state index is -0.357. The van der Waals surface area contributed by atoms with E-state index < -0.39 is 0 Å². The molecule has 0 aliphatic carbocycles. The third-order valence-electron chi connectivity index (χ3n) is 4.14. The predicted molar refractivity (Wildman–Crippen MR) is 106 cm³/mol. The summed E-state index contributed by atoms with van der Waals surface area (Å²) in [4.78, 5) is 16.9. The molecule has 0 radical (unpaired) electrons. The van der Waals surface area contributed by atoms with Gasteiger partial charge in [-0.25, -0.2) is 4.98 Å². The van der Waals surface area contributed by atoms with E-state index in [0.717, 1.165) is 16.6 Å². The summed E-state index contributed by atoms with van der Waals surface area (Å²) in [6.07, 6.45) is -0.522. The Labute approximate surface area is 163 Å². The number of carbonyl (C=O) groups is 1. The average molecular weight is 387 g/mol. The van der Waals surface area contributed by atoms with E-state index in [9.17, 15) is 4.79 Å². The van der Waals surface area contributed by atoms with Crippen LogP contribution in [0, 0.1) is 6.92 Å². The second-order valence-corrected chi connectivity index (χ2v) is 7.16. The zero-order valence-corrected chi connectivity index (χ0v) is 16.7. The van der Waals surface area contributed by atoms with Gasteiger partial charge in [-0.3, -0.25) is 4.79 Å². The maximum atomic E-state index is 12.3. The first-order valence-corrected chi connectivity index (χ1v) is 9.30. The highest BCUT2D eigenvalue weighted by Gasteiger charge is 2.21. The topological polar surface area (TPSA) is 53.4 Å². The fourth-order valence-electron chi connectivity index (χ4n) is 2.95. The van der Waals surface area contributed by atoms with Gasteiger partial charge in [0.1, 0.15) is 12.3 Å². The molecule has 0 fully saturated rings. The van der Waals surface area contributed by atoms with Gasteiger partial charge in [0.25, 0.3) is 0 Å². The number of aryl methyl sites for hydroxylation is 1. The molecule has 142 valence electrons. The third kappa shape index (κ3) is 4.42. The van der Waals surface area contributed by atoms with Crippen molar-refractivity contribution in [3.63, 3.8) is 0 Å². The molecule has 5 nitrogen and oxygen atoms in total. The molecule has 1 atom stereocenters. The number of carbonyl (C=O) groups excluding carboxylic acids is 1. The van der Waals surface area contributed by atoms with Gasteiger partial charge in [-0.15, -0.1) is 0 Å². The van der Waals surface area contributed by atoms with Gasteiger partial charge < -0.3 is 14.0 Å². The van der Waals surface area contributed by atoms with Crippen molar-refractivity contribution in [3.8, 4) is 5.75 Å². The highest BCUT2D eigenvalue weighted by molar-refractivity contribution is 6.31. The normalized spacial score (nSPS) is 12.4. The number of hydrogen-bond acceptors (Lipinski definition) is 4. The van der Waals surface area contributed by atoms with Crippen LogP contribution in [0.2, 0.25) is 5.02 Å². The van der Waals surface area contributed by atoms with E-state index in [0.29, 0.717) is 16.6 Å². The second kappa shape index (κ2) is 8.01. The largest absolute Gasteiger partial charge is 0.483 e. The Morgan fingerprint density at radius 3 is 2.63 bits per heavy atom. The lowest BCUT2D eigenvalue weighted by molar-refractivity contribution is -0.148. The summed E-state index contributed by atoms with van der Waals surface area (Å²) in [6, 6.07) is 13.2. The van der Waals surface area contributed by atoms with Crippen molar-refractivity contribution < 1.29 is 14.3 Å². The summed E-state index contributed by atoms with van der Waals surface area (Å²) >= 11 is 6.09. The van der Waals surface area contributed by atoms with Gasteiger partial charge >= 0.3 is 5.97 Å². The first-order valence-electron chi connectivity index (χ1n) is 8.92. The smallest absolute Gasteiger partial charge is 0.326 e. The summed E-state index contributed by atoms with van der Waals surface area (Å²) in [7, 11) is 0. The number of aromatic nitrogens is 2. The average Bonchev–Trinajstić information content (AvgIpc) is 2.96. The number of para-hydroxylation sites is 2. The van der Waals surface area contributed by atoms with Crippen LogP contribution in [0.15, 0.2) is 42.5 Å². The maximum absolute atomic E-state index is 12.3. The van der Waals surface area contributed by atoms with Crippen LogP contribution in [0.1, 0.15) is 38.3 Å². The molecule has 0 amide bonds. The maximum Gasteiger partial charge on any atom is 0.326 e. The molecule has 0 saturated heterocycles. The number of esters is 1. The van der Waals surface area contributed by atoms with Crippen LogP contribution in [-0.4, -0.2) is 21.6 Å². The van der Waals surface area contributed by atoms with Crippen molar-refractivity contribution in [2.45, 2.75) is 46.4 Å². The Hall–Kier alpha value is -2.53. The van der Waals surface area contributed by atoms with E-state index in [1.807, 2.05) is 74.7 Å². The van der Waals surface area contributed by atoms with E-state index in [-0.39, 0.29) is 24.7 Å². The minimum absolute atomic E-state index is 0.0847. The van der Waals surface area contributed by atoms with Gasteiger partial charge in [-0.05, 0) is 63.6 Å². The van der Waals surface area contributed by atoms with Gasteiger partial charge in [0.05, 0.1) is 17.1 Å². The van der Waals surface area contributed by atoms with E-state index >= 15 is 0 Å². The summed E-state index contributed by atoms with van der Waals surface area (Å²) in [5.41, 5.74) is 2.62. The standard InChI is InChI=1S/C21H23ClN2O3/c1-13(2)26-20(25)12-24-19-8-6-5-7-18(19)23-21(24)15(4)27-16-9-10-17(22)14(3)11-16/h5-11,13,15H,12H2,1-4H3. The Balaban J connectivity index is 1.93. The van der Waals surface area contributed by atoms with Crippen LogP contribution >= 0.6 is 11.6 Å². The van der Waals surface area contributed by atoms with Gasteiger partial charge in [-0.1, -0.05) is 23.7 Å². The lowest BCUT2D eigenvalue weighted by Crippen LogP contribution is -2.20. The quantitative estimate of drug-likeness (QED) is 0.554. The van der Waals surface area contributed by atoms with Crippen molar-refractivity contribution in [2.75, 3.05) is 0 Å². The highest BCUT2D eigenvalue weighted by Crippen LogP contribution is 2.27. The van der Waals surface area contributed by atoms with Crippen LogP contribution in [0.5, 0.6) is 5.75 Å². The van der Waals surface area contributed by atoms with Crippen LogP contribution < -0.4 is 4.74 Å². The summed E-state index contributed by atoms with van der Waals surface area (Å²) in [5, 5.41) is 0.693. The lowest BCUT2D eigenvalue weighted by atomic mass is 10.2. The van der Waals surface area contributed by atoms with E-state index in [4.69, 9.17) is 21.1 Å². The second-order valence-electron chi connectivity index (χ2n) is 6.75. The zero-order chi connectivity index (χ0) is 19.6. The van der Waals surface area contributed by atoms with Crippen molar-refractivity contribution >= 4 is 28.6 Å². The molecular formula is C21H23ClN2O3. The zero-order valence-electron chi connectivity index (χ0n) is 15.9. The van der Waals surface area contributed by atoms with Crippen molar-refractivity contribution in [3.05, 3.63) is 58.9 Å². The predicted octanol–water partition coefficient (Wildman–Crippen LogP) is 5.09. The molecule has 0 N–H and O–H groups in total. The first-order chi connectivity index (χ1) is 12.8. The fraction of sp³-hybridized carbons (Fsp3) is 0.333. The van der Waals surface area contributed by atoms with Crippen molar-refractivity contribution in [1.29, 1.82) is 0 Å². The van der Waals surface area contributed by atoms with E-state index in [2.05, 4.69) is 4.98 Å². The molecule has 2 aromatic carbocycles. The third-order valence-corrected chi connectivity index (χ3v) is 4.57. The molecule has 3 aromatic rings. The van der Waals surface area contributed by atoms with Crippen molar-refractivity contribution in [1.82, 2.24) is 9.55 Å². The van der Waals surface area contributed by atoms with Gasteiger partial charge in [-0.2, -0.15) is 0 Å². The van der Waals surface area contributed by atoms with Crippen LogP contribution in [0.25, 0.3) is 11.0 Å². The van der Waals surface area contributed by atoms with E-state index in [1.165, 1.54) is 0 Å². The molecule has 1 unspecified atom stereocenters. The number of benzene rings is 2. The Morgan fingerprint density at radius 2 is 1.93 bits per heavy atom. The molecule has 0 aliphatic rings. The molecular weight excluding hydrogens is 364 g/mol. The molecule has 0 spiro atoms. The number of imidazole rings is 1. The molecule has 0 aliphatic heterocycles. The summed E-state index contributed by atoms with van der Waals surface area (Å²) in [6.45, 7) is 7.59. The molecule has 0 bridgehead atoms. The number of ether oxygens (including phenoxy) is 2. The van der Waals surface area contributed by atoms with Gasteiger partial charge in [0.2, 0.25) is 0 Å². The van der Waals surface area contributed by atoms with Crippen LogP contribution in [-0.2, 0) is 16.1 Å². The number of hydrogen-bond donors (Lipinski definition) is 0. The Bertz CT molecular complexity index is 965. The minimum Gasteiger partial charge on any atom is -0.483 e. The van der Waals surface area contributed by atoms with Crippen LogP contribution in [0.3, 0.4) is 0 Å². The number of fused-ring (bicyclic) bond motifs is 1. The molecule has 27 heavy (non-hydrogen) atoms. The Kier molecular flexibility index (Phi) is 5.71. The Morgan fingerprint density at radius 1 is 1.19 bits per heavy atom. The SMILES string of the molecule is Cc1cc(OC(C)c2nc3ccccc3n2CC(=O)OC(C)C)ccc1Cl. The molecule has 3 rings (SSSR count). The van der Waals surface area contributed by atoms with E-state index in [1.54, 1.807) is 0 Å². The lowest BCUT2D eigenvalue weighted by Gasteiger charge is -2.17. The highest BCUT2D eigenvalue weighted by atomic mass is 35.5.